The van der Waals surface area contributed by atoms with E-state index in [1.807, 2.05) is 31.7 Å². The van der Waals surface area contributed by atoms with Gasteiger partial charge in [0.2, 0.25) is 0 Å². The van der Waals surface area contributed by atoms with Gasteiger partial charge >= 0.3 is 0 Å². The van der Waals surface area contributed by atoms with Gasteiger partial charge in [0.1, 0.15) is 5.78 Å². The second-order valence-electron chi connectivity index (χ2n) is 7.35. The number of hydrogen-bond acceptors (Lipinski definition) is 5. The zero-order valence-electron chi connectivity index (χ0n) is 15.8. The Hall–Kier alpha value is -2.60. The minimum absolute atomic E-state index is 0.133. The Morgan fingerprint density at radius 3 is 2.63 bits per heavy atom. The lowest BCUT2D eigenvalue weighted by atomic mass is 9.83. The van der Waals surface area contributed by atoms with Gasteiger partial charge in [-0.2, -0.15) is 5.10 Å². The molecule has 6 heteroatoms. The molecular weight excluding hydrogens is 340 g/mol. The van der Waals surface area contributed by atoms with E-state index in [-0.39, 0.29) is 11.7 Å². The maximum absolute atomic E-state index is 12.7. The van der Waals surface area contributed by atoms with Crippen LogP contribution in [-0.4, -0.2) is 38.7 Å². The van der Waals surface area contributed by atoms with Crippen molar-refractivity contribution in [3.05, 3.63) is 42.6 Å². The number of carbonyl (C=O) groups is 1. The molecule has 0 amide bonds. The number of carbonyl (C=O) groups excluding carboxylic acids is 1. The van der Waals surface area contributed by atoms with Gasteiger partial charge in [-0.15, -0.1) is 0 Å². The standard InChI is InChI=1S/C21H24N4O2/c1-25-13-17(11-24-25)16-7-15-8-18(22-12-20(15)23-10-16)9-21(26)14-3-5-19(27-2)6-4-14/h7-8,10-14,19H,3-6,9H2,1-2H3. The second kappa shape index (κ2) is 7.56. The van der Waals surface area contributed by atoms with E-state index in [4.69, 9.17) is 4.74 Å². The van der Waals surface area contributed by atoms with Crippen molar-refractivity contribution in [1.82, 2.24) is 19.7 Å². The van der Waals surface area contributed by atoms with E-state index in [0.29, 0.717) is 12.5 Å². The Morgan fingerprint density at radius 1 is 1.11 bits per heavy atom. The van der Waals surface area contributed by atoms with Gasteiger partial charge in [0, 0.05) is 61.1 Å². The summed E-state index contributed by atoms with van der Waals surface area (Å²) in [6.07, 6.45) is 11.8. The van der Waals surface area contributed by atoms with Gasteiger partial charge < -0.3 is 4.74 Å². The number of Topliss-reactive ketones (excluding diaryl/α,β-unsaturated/α-hetero) is 1. The van der Waals surface area contributed by atoms with Crippen LogP contribution in [0.1, 0.15) is 31.4 Å². The molecule has 0 aromatic carbocycles. The lowest BCUT2D eigenvalue weighted by Crippen LogP contribution is -2.26. The highest BCUT2D eigenvalue weighted by atomic mass is 16.5. The van der Waals surface area contributed by atoms with Crippen molar-refractivity contribution in [2.75, 3.05) is 7.11 Å². The highest BCUT2D eigenvalue weighted by molar-refractivity contribution is 5.86. The molecule has 0 bridgehead atoms. The van der Waals surface area contributed by atoms with Gasteiger partial charge in [0.15, 0.2) is 0 Å². The minimum atomic E-state index is 0.133. The zero-order valence-corrected chi connectivity index (χ0v) is 15.8. The number of nitrogens with zero attached hydrogens (tertiary/aromatic N) is 4. The molecule has 0 radical (unpaired) electrons. The van der Waals surface area contributed by atoms with E-state index in [2.05, 4.69) is 21.1 Å². The molecule has 1 aliphatic carbocycles. The predicted octanol–water partition coefficient (Wildman–Crippen LogP) is 3.35. The smallest absolute Gasteiger partial charge is 0.141 e. The van der Waals surface area contributed by atoms with Crippen molar-refractivity contribution in [2.24, 2.45) is 13.0 Å². The predicted molar refractivity (Wildman–Crippen MR) is 103 cm³/mol. The van der Waals surface area contributed by atoms with Crippen LogP contribution in [0.15, 0.2) is 36.9 Å². The van der Waals surface area contributed by atoms with Crippen LogP contribution in [0.2, 0.25) is 0 Å². The summed E-state index contributed by atoms with van der Waals surface area (Å²) in [5, 5.41) is 5.21. The van der Waals surface area contributed by atoms with Crippen LogP contribution >= 0.6 is 0 Å². The summed E-state index contributed by atoms with van der Waals surface area (Å²) < 4.78 is 7.17. The maximum Gasteiger partial charge on any atom is 0.141 e. The SMILES string of the molecule is COC1CCC(C(=O)Cc2cc3cc(-c4cnn(C)c4)cnc3cn2)CC1. The summed E-state index contributed by atoms with van der Waals surface area (Å²) in [5.41, 5.74) is 3.68. The number of methoxy groups -OCH3 is 1. The third-order valence-electron chi connectivity index (χ3n) is 5.48. The molecule has 0 spiro atoms. The van der Waals surface area contributed by atoms with Crippen LogP contribution in [0.5, 0.6) is 0 Å². The number of hydrogen-bond donors (Lipinski definition) is 0. The molecule has 3 aromatic rings. The van der Waals surface area contributed by atoms with Gasteiger partial charge in [0.05, 0.1) is 24.0 Å². The molecule has 3 heterocycles. The van der Waals surface area contributed by atoms with Gasteiger partial charge in [-0.1, -0.05) is 0 Å². The van der Waals surface area contributed by atoms with Crippen LogP contribution < -0.4 is 0 Å². The number of ketones is 1. The molecule has 1 saturated carbocycles. The monoisotopic (exact) mass is 364 g/mol. The number of aryl methyl sites for hydroxylation is 1. The van der Waals surface area contributed by atoms with E-state index in [1.165, 1.54) is 0 Å². The minimum Gasteiger partial charge on any atom is -0.381 e. The number of fused-ring (bicyclic) bond motifs is 1. The van der Waals surface area contributed by atoms with Crippen LogP contribution in [0, 0.1) is 5.92 Å². The third-order valence-corrected chi connectivity index (χ3v) is 5.48. The molecule has 0 N–H and O–H groups in total. The summed E-state index contributed by atoms with van der Waals surface area (Å²) in [6, 6.07) is 4.07. The maximum atomic E-state index is 12.7. The number of pyridine rings is 2. The fraction of sp³-hybridized carbons (Fsp3) is 0.429. The Balaban J connectivity index is 1.51. The average Bonchev–Trinajstić information content (AvgIpc) is 3.14. The molecule has 0 atom stereocenters. The largest absolute Gasteiger partial charge is 0.381 e. The van der Waals surface area contributed by atoms with Gasteiger partial charge in [0.25, 0.3) is 0 Å². The van der Waals surface area contributed by atoms with Crippen LogP contribution in [0.3, 0.4) is 0 Å². The summed E-state index contributed by atoms with van der Waals surface area (Å²) in [6.45, 7) is 0. The van der Waals surface area contributed by atoms with Crippen LogP contribution in [0.4, 0.5) is 0 Å². The molecule has 1 fully saturated rings. The number of rotatable bonds is 5. The molecule has 4 rings (SSSR count). The summed E-state index contributed by atoms with van der Waals surface area (Å²) >= 11 is 0. The van der Waals surface area contributed by atoms with Crippen molar-refractivity contribution < 1.29 is 9.53 Å². The molecule has 0 aliphatic heterocycles. The molecule has 0 saturated heterocycles. The van der Waals surface area contributed by atoms with E-state index in [9.17, 15) is 4.79 Å². The second-order valence-corrected chi connectivity index (χ2v) is 7.35. The van der Waals surface area contributed by atoms with E-state index in [1.54, 1.807) is 18.0 Å². The van der Waals surface area contributed by atoms with E-state index >= 15 is 0 Å². The highest BCUT2D eigenvalue weighted by Gasteiger charge is 2.26. The third kappa shape index (κ3) is 3.90. The first kappa shape index (κ1) is 17.8. The van der Waals surface area contributed by atoms with Crippen molar-refractivity contribution in [3.8, 4) is 11.1 Å². The van der Waals surface area contributed by atoms with Gasteiger partial charge in [-0.3, -0.25) is 19.4 Å². The van der Waals surface area contributed by atoms with E-state index in [0.717, 1.165) is 53.4 Å². The van der Waals surface area contributed by atoms with Crippen LogP contribution in [-0.2, 0) is 23.0 Å². The van der Waals surface area contributed by atoms with Crippen molar-refractivity contribution in [3.63, 3.8) is 0 Å². The Kier molecular flexibility index (Phi) is 4.99. The molecule has 140 valence electrons. The first-order valence-electron chi connectivity index (χ1n) is 9.41. The van der Waals surface area contributed by atoms with Crippen molar-refractivity contribution in [1.29, 1.82) is 0 Å². The zero-order chi connectivity index (χ0) is 18.8. The molecule has 0 unspecified atom stereocenters. The normalized spacial score (nSPS) is 20.1. The fourth-order valence-electron chi connectivity index (χ4n) is 3.84. The number of aromatic nitrogens is 4. The summed E-state index contributed by atoms with van der Waals surface area (Å²) in [7, 11) is 3.64. The molecule has 1 aliphatic rings. The fourth-order valence-corrected chi connectivity index (χ4v) is 3.84. The summed E-state index contributed by atoms with van der Waals surface area (Å²) in [5.74, 6) is 0.418. The van der Waals surface area contributed by atoms with Gasteiger partial charge in [-0.25, -0.2) is 0 Å². The van der Waals surface area contributed by atoms with Crippen molar-refractivity contribution >= 4 is 16.7 Å². The van der Waals surface area contributed by atoms with E-state index < -0.39 is 0 Å². The first-order valence-corrected chi connectivity index (χ1v) is 9.41. The Labute approximate surface area is 158 Å². The molecule has 27 heavy (non-hydrogen) atoms. The quantitative estimate of drug-likeness (QED) is 0.694. The molecule has 3 aromatic heterocycles. The first-order chi connectivity index (χ1) is 13.1. The highest BCUT2D eigenvalue weighted by Crippen LogP contribution is 2.28. The van der Waals surface area contributed by atoms with Crippen molar-refractivity contribution in [2.45, 2.75) is 38.2 Å². The molecular formula is C21H24N4O2. The molecule has 6 nitrogen and oxygen atoms in total. The lowest BCUT2D eigenvalue weighted by Gasteiger charge is -2.26. The number of ether oxygens (including phenoxy) is 1. The van der Waals surface area contributed by atoms with Gasteiger partial charge in [-0.05, 0) is 37.8 Å². The van der Waals surface area contributed by atoms with Crippen LogP contribution in [0.25, 0.3) is 22.0 Å². The summed E-state index contributed by atoms with van der Waals surface area (Å²) in [4.78, 5) is 21.6. The Morgan fingerprint density at radius 2 is 1.93 bits per heavy atom. The topological polar surface area (TPSA) is 69.9 Å². The lowest BCUT2D eigenvalue weighted by molar-refractivity contribution is -0.124. The average molecular weight is 364 g/mol. The Bertz CT molecular complexity index is 958.